The minimum Gasteiger partial charge on any atom is -0.458 e. The number of rotatable bonds is 8. The molecule has 0 amide bonds. The topological polar surface area (TPSA) is 50.3 Å². The summed E-state index contributed by atoms with van der Waals surface area (Å²) in [5.41, 5.74) is 29.6. The van der Waals surface area contributed by atoms with E-state index in [1.807, 2.05) is 0 Å². The quantitative estimate of drug-likeness (QED) is 0.142. The van der Waals surface area contributed by atoms with Crippen molar-refractivity contribution in [3.05, 3.63) is 340 Å². The van der Waals surface area contributed by atoms with Gasteiger partial charge in [0.25, 0.3) is 6.71 Å². The zero-order valence-corrected chi connectivity index (χ0v) is 55.5. The van der Waals surface area contributed by atoms with Crippen LogP contribution in [-0.4, -0.2) is 20.4 Å². The molecule has 0 unspecified atom stereocenters. The fourth-order valence-electron chi connectivity index (χ4n) is 17.9. The largest absolute Gasteiger partial charge is 0.458 e. The Bertz CT molecular complexity index is 7110. The molecule has 476 valence electrons. The van der Waals surface area contributed by atoms with Crippen LogP contribution in [0.2, 0.25) is 0 Å². The molecule has 7 heteroatoms. The number of benzene rings is 16. The summed E-state index contributed by atoms with van der Waals surface area (Å²) >= 11 is 0. The maximum atomic E-state index is 8.03. The Morgan fingerprint density at radius 2 is 0.680 bits per heavy atom. The van der Waals surface area contributed by atoms with Gasteiger partial charge in [-0.2, -0.15) is 0 Å². The molecule has 0 bridgehead atoms. The number of nitrogens with zero attached hydrogens (tertiary/aromatic N) is 3. The van der Waals surface area contributed by atoms with Crippen LogP contribution in [0.1, 0.15) is 0 Å². The Labute approximate surface area is 591 Å². The van der Waals surface area contributed by atoms with E-state index >= 15 is 0 Å². The van der Waals surface area contributed by atoms with E-state index in [-0.39, 0.29) is 6.71 Å². The predicted molar refractivity (Wildman–Crippen MR) is 428 cm³/mol. The minimum atomic E-state index is -0.368. The maximum absolute atomic E-state index is 8.03. The SMILES string of the molecule is c1ccc(-c2ccccc2-c2cc3c(c(-c4ccccc4-c4ccccc4)c2)Oc2cc(-c4ccccc4-c4ccccc4)cc4c2B3c2cc3c5cc(-n6c7ccccc7c7ccccc76)ccc5oc3c3c5c6oc7ccc(-n8c9ccccc9c9ccccc98)cc7c6ccc5n-4c23)cc1. The number of hydrogen-bond acceptors (Lipinski definition) is 3. The first kappa shape index (κ1) is 56.3. The first-order chi connectivity index (χ1) is 51.1. The molecule has 6 nitrogen and oxygen atoms in total. The molecule has 5 aromatic heterocycles. The van der Waals surface area contributed by atoms with Crippen molar-refractivity contribution in [2.75, 3.05) is 0 Å². The van der Waals surface area contributed by atoms with Gasteiger partial charge in [-0.05, 0) is 169 Å². The third kappa shape index (κ3) is 8.04. The Morgan fingerprint density at radius 3 is 1.19 bits per heavy atom. The first-order valence-electron chi connectivity index (χ1n) is 35.4. The highest BCUT2D eigenvalue weighted by atomic mass is 16.5. The van der Waals surface area contributed by atoms with Gasteiger partial charge in [0.2, 0.25) is 0 Å². The Morgan fingerprint density at radius 1 is 0.252 bits per heavy atom. The average Bonchev–Trinajstić information content (AvgIpc) is 1.53. The van der Waals surface area contributed by atoms with Crippen molar-refractivity contribution in [1.29, 1.82) is 0 Å². The van der Waals surface area contributed by atoms with Crippen LogP contribution in [-0.2, 0) is 0 Å². The molecule has 0 saturated carbocycles. The number of furan rings is 2. The fraction of sp³-hybridized carbons (Fsp3) is 0. The van der Waals surface area contributed by atoms with E-state index in [1.54, 1.807) is 0 Å². The van der Waals surface area contributed by atoms with Crippen molar-refractivity contribution < 1.29 is 13.6 Å². The highest BCUT2D eigenvalue weighted by Gasteiger charge is 2.44. The second-order valence-electron chi connectivity index (χ2n) is 27.7. The molecule has 103 heavy (non-hydrogen) atoms. The van der Waals surface area contributed by atoms with Crippen LogP contribution in [0.5, 0.6) is 11.5 Å². The molecule has 0 aliphatic carbocycles. The molecule has 0 spiro atoms. The number of fused-ring (bicyclic) bond motifs is 21. The van der Waals surface area contributed by atoms with Gasteiger partial charge < -0.3 is 27.3 Å². The van der Waals surface area contributed by atoms with Gasteiger partial charge in [0.05, 0.1) is 43.9 Å². The van der Waals surface area contributed by atoms with Crippen molar-refractivity contribution in [2.24, 2.45) is 0 Å². The van der Waals surface area contributed by atoms with Crippen molar-refractivity contribution in [2.45, 2.75) is 0 Å². The molecule has 0 saturated heterocycles. The van der Waals surface area contributed by atoms with Gasteiger partial charge >= 0.3 is 0 Å². The molecular weight excluding hydrogens is 1250 g/mol. The van der Waals surface area contributed by atoms with Gasteiger partial charge in [-0.3, -0.25) is 0 Å². The van der Waals surface area contributed by atoms with Crippen LogP contribution >= 0.6 is 0 Å². The Kier molecular flexibility index (Phi) is 11.7. The second-order valence-corrected chi connectivity index (χ2v) is 27.7. The van der Waals surface area contributed by atoms with Crippen LogP contribution in [0.4, 0.5) is 0 Å². The van der Waals surface area contributed by atoms with Crippen molar-refractivity contribution in [3.8, 4) is 95.3 Å². The number of hydrogen-bond donors (Lipinski definition) is 0. The van der Waals surface area contributed by atoms with Crippen LogP contribution in [0, 0.1) is 0 Å². The normalized spacial score (nSPS) is 12.5. The van der Waals surface area contributed by atoms with Crippen LogP contribution in [0.25, 0.3) is 193 Å². The molecule has 2 aliphatic rings. The number of aromatic nitrogens is 3. The molecule has 0 N–H and O–H groups in total. The van der Waals surface area contributed by atoms with Gasteiger partial charge in [-0.25, -0.2) is 0 Å². The van der Waals surface area contributed by atoms with Gasteiger partial charge in [-0.1, -0.05) is 249 Å². The summed E-state index contributed by atoms with van der Waals surface area (Å²) in [6.07, 6.45) is 0. The lowest BCUT2D eigenvalue weighted by Crippen LogP contribution is -2.58. The van der Waals surface area contributed by atoms with Crippen LogP contribution in [0.3, 0.4) is 0 Å². The maximum Gasteiger partial charge on any atom is 0.256 e. The zero-order chi connectivity index (χ0) is 67.1. The van der Waals surface area contributed by atoms with Gasteiger partial charge in [0, 0.05) is 65.7 Å². The molecule has 0 radical (unpaired) electrons. The lowest BCUT2D eigenvalue weighted by molar-refractivity contribution is 0.489. The zero-order valence-electron chi connectivity index (χ0n) is 55.5. The molecule has 0 fully saturated rings. The second kappa shape index (κ2) is 21.4. The van der Waals surface area contributed by atoms with E-state index in [4.69, 9.17) is 13.6 Å². The third-order valence-electron chi connectivity index (χ3n) is 22.3. The van der Waals surface area contributed by atoms with E-state index in [2.05, 4.69) is 353 Å². The fourth-order valence-corrected chi connectivity index (χ4v) is 17.9. The van der Waals surface area contributed by atoms with Gasteiger partial charge in [-0.15, -0.1) is 0 Å². The summed E-state index contributed by atoms with van der Waals surface area (Å²) in [6.45, 7) is -0.368. The summed E-state index contributed by atoms with van der Waals surface area (Å²) in [6, 6.07) is 124. The molecule has 2 aliphatic heterocycles. The highest BCUT2D eigenvalue weighted by Crippen LogP contribution is 2.51. The van der Waals surface area contributed by atoms with Gasteiger partial charge in [0.15, 0.2) is 0 Å². The lowest BCUT2D eigenvalue weighted by Gasteiger charge is -2.35. The highest BCUT2D eigenvalue weighted by molar-refractivity contribution is 6.99. The van der Waals surface area contributed by atoms with E-state index in [1.165, 1.54) is 21.5 Å². The summed E-state index contributed by atoms with van der Waals surface area (Å²) in [5.74, 6) is 1.63. The summed E-state index contributed by atoms with van der Waals surface area (Å²) < 4.78 is 30.5. The monoisotopic (exact) mass is 1310 g/mol. The predicted octanol–water partition coefficient (Wildman–Crippen LogP) is 23.7. The van der Waals surface area contributed by atoms with Crippen LogP contribution in [0.15, 0.2) is 349 Å². The smallest absolute Gasteiger partial charge is 0.256 e. The first-order valence-corrected chi connectivity index (χ1v) is 35.4. The molecule has 23 rings (SSSR count). The van der Waals surface area contributed by atoms with Crippen molar-refractivity contribution >= 4 is 132 Å². The molecule has 21 aromatic rings. The summed E-state index contributed by atoms with van der Waals surface area (Å²) in [5, 5.41) is 10.9. The Balaban J connectivity index is 0.874. The number of para-hydroxylation sites is 4. The van der Waals surface area contributed by atoms with E-state index < -0.39 is 0 Å². The lowest BCUT2D eigenvalue weighted by atomic mass is 9.34. The molecule has 0 atom stereocenters. The van der Waals surface area contributed by atoms with Crippen molar-refractivity contribution in [1.82, 2.24) is 13.7 Å². The van der Waals surface area contributed by atoms with E-state index in [0.717, 1.165) is 199 Å². The average molecular weight is 1310 g/mol. The van der Waals surface area contributed by atoms with E-state index in [9.17, 15) is 0 Å². The molecule has 16 aromatic carbocycles. The number of ether oxygens (including phenoxy) is 1. The van der Waals surface area contributed by atoms with Crippen LogP contribution < -0.4 is 21.1 Å². The van der Waals surface area contributed by atoms with Crippen molar-refractivity contribution in [3.63, 3.8) is 0 Å². The minimum absolute atomic E-state index is 0.368. The van der Waals surface area contributed by atoms with E-state index in [0.29, 0.717) is 0 Å². The van der Waals surface area contributed by atoms with Gasteiger partial charge in [0.1, 0.15) is 33.8 Å². The standard InChI is InChI=1S/C96H56BN3O3/c1-4-24-57(25-5-1)64-30-10-12-33-67(64)60-50-77(69-35-15-14-32-66(69)59-28-8-3-9-29-59)94-80(51-60)97-79-56-78-76-55-63(99-83-42-22-18-38-72(83)73-39-19-23-43-84(73)99)45-49-88(76)102-96(78)91-90-85(100(93(79)91)86-52-61(53-89(103-94)92(86)97)68-34-13-11-31-65(68)58-26-6-2-7-27-58)47-46-74-75-54-62(44-48-87(75)101-95(74)90)98-81-40-20-16-36-70(81)71-37-17-21-41-82(71)98/h1-56H. The third-order valence-corrected chi connectivity index (χ3v) is 22.3. The summed E-state index contributed by atoms with van der Waals surface area (Å²) in [4.78, 5) is 0. The molecule has 7 heterocycles. The molecular formula is C96H56BN3O3. The Hall–Kier alpha value is -13.6. The summed E-state index contributed by atoms with van der Waals surface area (Å²) in [7, 11) is 0.